The number of rotatable bonds is 9. The van der Waals surface area contributed by atoms with Gasteiger partial charge in [0.05, 0.1) is 6.42 Å². The molecule has 3 N–H and O–H groups in total. The lowest BCUT2D eigenvalue weighted by Gasteiger charge is -2.19. The molecule has 1 unspecified atom stereocenters. The number of carbonyl (C=O) groups is 3. The van der Waals surface area contributed by atoms with Crippen LogP contribution in [0, 0.1) is 0 Å². The van der Waals surface area contributed by atoms with E-state index in [1.54, 1.807) is 0 Å². The molecule has 0 aliphatic heterocycles. The lowest BCUT2D eigenvalue weighted by Crippen LogP contribution is -2.49. The number of likely N-dealkylation sites (N-methyl/N-ethyl adjacent to an activating group) is 1. The number of amides is 2. The number of benzene rings is 2. The Hall–Kier alpha value is -3.39. The topological polar surface area (TPSA) is 108 Å². The fraction of sp³-hybridized carbons (Fsp3) is 0.348. The Bertz CT molecular complexity index is 914. The van der Waals surface area contributed by atoms with Gasteiger partial charge in [0, 0.05) is 19.0 Å². The van der Waals surface area contributed by atoms with Gasteiger partial charge >= 0.3 is 12.1 Å². The molecule has 0 saturated heterocycles. The van der Waals surface area contributed by atoms with Crippen molar-refractivity contribution in [3.05, 3.63) is 59.7 Å². The minimum atomic E-state index is -1.21. The van der Waals surface area contributed by atoms with Gasteiger partial charge in [0.2, 0.25) is 5.91 Å². The van der Waals surface area contributed by atoms with Gasteiger partial charge < -0.3 is 25.4 Å². The van der Waals surface area contributed by atoms with E-state index in [0.29, 0.717) is 13.1 Å². The van der Waals surface area contributed by atoms with Gasteiger partial charge in [-0.05, 0) is 36.3 Å². The third kappa shape index (κ3) is 5.61. The fourth-order valence-electron chi connectivity index (χ4n) is 3.69. The minimum Gasteiger partial charge on any atom is -0.481 e. The van der Waals surface area contributed by atoms with Crippen molar-refractivity contribution in [3.8, 4) is 11.1 Å². The van der Waals surface area contributed by atoms with Crippen LogP contribution in [0.4, 0.5) is 4.79 Å². The van der Waals surface area contributed by atoms with Crippen molar-refractivity contribution in [1.82, 2.24) is 15.5 Å². The highest BCUT2D eigenvalue weighted by Crippen LogP contribution is 2.44. The molecular weight excluding hydrogens is 398 g/mol. The predicted molar refractivity (Wildman–Crippen MR) is 116 cm³/mol. The number of carboxylic acid groups (broad SMARTS) is 1. The highest BCUT2D eigenvalue weighted by molar-refractivity contribution is 5.89. The first-order valence-electron chi connectivity index (χ1n) is 10.1. The zero-order chi connectivity index (χ0) is 22.4. The number of hydrogen-bond acceptors (Lipinski definition) is 5. The molecule has 31 heavy (non-hydrogen) atoms. The predicted octanol–water partition coefficient (Wildman–Crippen LogP) is 2.05. The molecule has 8 nitrogen and oxygen atoms in total. The highest BCUT2D eigenvalue weighted by atomic mass is 16.5. The van der Waals surface area contributed by atoms with Gasteiger partial charge in [0.1, 0.15) is 12.6 Å². The molecule has 0 fully saturated rings. The molecule has 3 rings (SSSR count). The summed E-state index contributed by atoms with van der Waals surface area (Å²) < 4.78 is 5.41. The summed E-state index contributed by atoms with van der Waals surface area (Å²) in [5, 5.41) is 14.1. The number of alkyl carbamates (subject to hydrolysis) is 1. The third-order valence-corrected chi connectivity index (χ3v) is 5.19. The minimum absolute atomic E-state index is 0.0852. The molecule has 1 aliphatic rings. The van der Waals surface area contributed by atoms with Crippen LogP contribution in [-0.2, 0) is 14.3 Å². The smallest absolute Gasteiger partial charge is 0.407 e. The van der Waals surface area contributed by atoms with Crippen LogP contribution >= 0.6 is 0 Å². The maximum Gasteiger partial charge on any atom is 0.407 e. The van der Waals surface area contributed by atoms with Gasteiger partial charge in [0.15, 0.2) is 0 Å². The van der Waals surface area contributed by atoms with E-state index < -0.39 is 30.4 Å². The number of fused-ring (bicyclic) bond motifs is 3. The molecule has 2 aromatic rings. The highest BCUT2D eigenvalue weighted by Gasteiger charge is 2.30. The molecule has 164 valence electrons. The van der Waals surface area contributed by atoms with Crippen LogP contribution in [0.1, 0.15) is 23.5 Å². The van der Waals surface area contributed by atoms with E-state index in [0.717, 1.165) is 22.3 Å². The van der Waals surface area contributed by atoms with E-state index in [1.165, 1.54) is 0 Å². The molecule has 0 bridgehead atoms. The number of nitrogens with one attached hydrogen (secondary N) is 2. The van der Waals surface area contributed by atoms with E-state index in [9.17, 15) is 14.4 Å². The number of nitrogens with zero attached hydrogens (tertiary/aromatic N) is 1. The summed E-state index contributed by atoms with van der Waals surface area (Å²) in [5.74, 6) is -1.87. The number of carbonyl (C=O) groups excluding carboxylic acids is 2. The van der Waals surface area contributed by atoms with E-state index in [4.69, 9.17) is 9.84 Å². The van der Waals surface area contributed by atoms with Crippen LogP contribution in [0.15, 0.2) is 48.5 Å². The van der Waals surface area contributed by atoms with Crippen molar-refractivity contribution >= 4 is 18.0 Å². The summed E-state index contributed by atoms with van der Waals surface area (Å²) in [5.41, 5.74) is 4.35. The first-order chi connectivity index (χ1) is 14.9. The van der Waals surface area contributed by atoms with Crippen LogP contribution in [0.25, 0.3) is 11.1 Å². The van der Waals surface area contributed by atoms with E-state index in [1.807, 2.05) is 67.5 Å². The van der Waals surface area contributed by atoms with E-state index in [-0.39, 0.29) is 12.5 Å². The Kier molecular flexibility index (Phi) is 7.25. The molecule has 0 spiro atoms. The molecule has 2 aromatic carbocycles. The summed E-state index contributed by atoms with van der Waals surface area (Å²) >= 11 is 0. The van der Waals surface area contributed by atoms with Crippen LogP contribution < -0.4 is 10.6 Å². The molecule has 1 aliphatic carbocycles. The van der Waals surface area contributed by atoms with Crippen molar-refractivity contribution in [2.45, 2.75) is 18.4 Å². The molecule has 0 heterocycles. The standard InChI is InChI=1S/C23H27N3O5/c1-26(2)12-11-24-22(29)20(13-21(27)28)25-23(30)31-14-19-17-9-5-3-7-15(17)16-8-4-6-10-18(16)19/h3-10,19-20H,11-14H2,1-2H3,(H,24,29)(H,25,30)(H,27,28). The molecule has 1 atom stereocenters. The van der Waals surface area contributed by atoms with Crippen LogP contribution in [-0.4, -0.2) is 67.8 Å². The zero-order valence-electron chi connectivity index (χ0n) is 17.6. The Balaban J connectivity index is 1.62. The first kappa shape index (κ1) is 22.3. The van der Waals surface area contributed by atoms with Crippen molar-refractivity contribution in [2.75, 3.05) is 33.8 Å². The quantitative estimate of drug-likeness (QED) is 0.568. The van der Waals surface area contributed by atoms with Gasteiger partial charge in [0.25, 0.3) is 0 Å². The molecular formula is C23H27N3O5. The first-order valence-corrected chi connectivity index (χ1v) is 10.1. The molecule has 2 amide bonds. The summed E-state index contributed by atoms with van der Waals surface area (Å²) in [6, 6.07) is 14.7. The van der Waals surface area contributed by atoms with Crippen molar-refractivity contribution < 1.29 is 24.2 Å². The lowest BCUT2D eigenvalue weighted by atomic mass is 9.98. The molecule has 0 saturated carbocycles. The third-order valence-electron chi connectivity index (χ3n) is 5.19. The van der Waals surface area contributed by atoms with Crippen LogP contribution in [0.2, 0.25) is 0 Å². The van der Waals surface area contributed by atoms with Gasteiger partial charge in [-0.1, -0.05) is 48.5 Å². The second-order valence-electron chi connectivity index (χ2n) is 7.71. The lowest BCUT2D eigenvalue weighted by molar-refractivity contribution is -0.139. The second kappa shape index (κ2) is 10.1. The van der Waals surface area contributed by atoms with Crippen molar-refractivity contribution in [3.63, 3.8) is 0 Å². The van der Waals surface area contributed by atoms with Crippen molar-refractivity contribution in [2.24, 2.45) is 0 Å². The zero-order valence-corrected chi connectivity index (χ0v) is 17.6. The largest absolute Gasteiger partial charge is 0.481 e. The van der Waals surface area contributed by atoms with Crippen LogP contribution in [0.5, 0.6) is 0 Å². The van der Waals surface area contributed by atoms with Gasteiger partial charge in [-0.25, -0.2) is 4.79 Å². The van der Waals surface area contributed by atoms with Crippen LogP contribution in [0.3, 0.4) is 0 Å². The van der Waals surface area contributed by atoms with E-state index in [2.05, 4.69) is 10.6 Å². The monoisotopic (exact) mass is 425 g/mol. The van der Waals surface area contributed by atoms with Gasteiger partial charge in [-0.3, -0.25) is 9.59 Å². The van der Waals surface area contributed by atoms with E-state index >= 15 is 0 Å². The number of hydrogen-bond donors (Lipinski definition) is 3. The van der Waals surface area contributed by atoms with Crippen molar-refractivity contribution in [1.29, 1.82) is 0 Å². The Morgan fingerprint density at radius 1 is 1.03 bits per heavy atom. The second-order valence-corrected chi connectivity index (χ2v) is 7.71. The molecule has 0 radical (unpaired) electrons. The normalized spacial score (nSPS) is 13.3. The summed E-state index contributed by atoms with van der Waals surface area (Å²) in [4.78, 5) is 37.7. The van der Waals surface area contributed by atoms with Gasteiger partial charge in [-0.2, -0.15) is 0 Å². The Morgan fingerprint density at radius 2 is 1.61 bits per heavy atom. The maximum atomic E-state index is 12.4. The summed E-state index contributed by atoms with van der Waals surface area (Å²) in [7, 11) is 3.71. The number of carboxylic acids is 1. The Morgan fingerprint density at radius 3 is 2.16 bits per heavy atom. The number of aliphatic carboxylic acids is 1. The summed E-state index contributed by atoms with van der Waals surface area (Å²) in [6.45, 7) is 1.02. The average Bonchev–Trinajstić information content (AvgIpc) is 3.05. The molecule has 0 aromatic heterocycles. The summed E-state index contributed by atoms with van der Waals surface area (Å²) in [6.07, 6.45) is -1.35. The Labute approximate surface area is 181 Å². The maximum absolute atomic E-state index is 12.4. The SMILES string of the molecule is CN(C)CCNC(=O)C(CC(=O)O)NC(=O)OCC1c2ccccc2-c2ccccc21. The van der Waals surface area contributed by atoms with Gasteiger partial charge in [-0.15, -0.1) is 0 Å². The average molecular weight is 425 g/mol. The fourth-order valence-corrected chi connectivity index (χ4v) is 3.69. The number of ether oxygens (including phenoxy) is 1. The molecule has 8 heteroatoms.